The zero-order valence-corrected chi connectivity index (χ0v) is 11.7. The van der Waals surface area contributed by atoms with Gasteiger partial charge in [-0.05, 0) is 27.2 Å². The summed E-state index contributed by atoms with van der Waals surface area (Å²) in [4.78, 5) is 23.1. The second-order valence-electron chi connectivity index (χ2n) is 4.82. The third kappa shape index (κ3) is 7.89. The van der Waals surface area contributed by atoms with Gasteiger partial charge in [-0.3, -0.25) is 0 Å². The molecule has 1 atom stereocenters. The zero-order valence-electron chi connectivity index (χ0n) is 11.7. The fourth-order valence-corrected chi connectivity index (χ4v) is 1.09. The summed E-state index contributed by atoms with van der Waals surface area (Å²) < 4.78 is 14.9. The van der Waals surface area contributed by atoms with Crippen LogP contribution in [0.15, 0.2) is 0 Å². The minimum Gasteiger partial charge on any atom is -0.464 e. The third-order valence-electron chi connectivity index (χ3n) is 1.76. The number of carbonyl (C=O) groups is 2. The highest BCUT2D eigenvalue weighted by molar-refractivity contribution is 5.81. The van der Waals surface area contributed by atoms with Crippen LogP contribution in [0.2, 0.25) is 0 Å². The molecular weight excluding hydrogens is 238 g/mol. The van der Waals surface area contributed by atoms with Gasteiger partial charge in [0.2, 0.25) is 0 Å². The minimum atomic E-state index is -0.851. The predicted molar refractivity (Wildman–Crippen MR) is 66.3 cm³/mol. The molecule has 0 aliphatic heterocycles. The lowest BCUT2D eigenvalue weighted by Crippen LogP contribution is -2.46. The van der Waals surface area contributed by atoms with Crippen LogP contribution in [0.25, 0.3) is 0 Å². The molecule has 0 saturated heterocycles. The molecule has 18 heavy (non-hydrogen) atoms. The van der Waals surface area contributed by atoms with E-state index in [-0.39, 0.29) is 6.61 Å². The molecule has 0 aromatic rings. The van der Waals surface area contributed by atoms with Gasteiger partial charge in [-0.2, -0.15) is 0 Å². The van der Waals surface area contributed by atoms with Crippen LogP contribution in [0.1, 0.15) is 34.1 Å². The average Bonchev–Trinajstić information content (AvgIpc) is 2.22. The summed E-state index contributed by atoms with van der Waals surface area (Å²) in [6, 6.07) is -0.851. The summed E-state index contributed by atoms with van der Waals surface area (Å²) in [7, 11) is 1.44. The molecule has 0 aromatic heterocycles. The smallest absolute Gasteiger partial charge is 0.408 e. The van der Waals surface area contributed by atoms with E-state index in [2.05, 4.69) is 5.32 Å². The van der Waals surface area contributed by atoms with Crippen molar-refractivity contribution in [3.63, 3.8) is 0 Å². The van der Waals surface area contributed by atoms with Crippen LogP contribution in [-0.4, -0.2) is 44.0 Å². The molecule has 0 radical (unpaired) electrons. The van der Waals surface area contributed by atoms with E-state index in [9.17, 15) is 9.59 Å². The van der Waals surface area contributed by atoms with Crippen LogP contribution in [0.3, 0.4) is 0 Å². The lowest BCUT2D eigenvalue weighted by molar-refractivity contribution is -0.147. The van der Waals surface area contributed by atoms with Gasteiger partial charge in [-0.1, -0.05) is 6.92 Å². The summed E-state index contributed by atoms with van der Waals surface area (Å²) in [6.07, 6.45) is 0.0516. The van der Waals surface area contributed by atoms with Crippen LogP contribution >= 0.6 is 0 Å². The van der Waals surface area contributed by atoms with E-state index < -0.39 is 23.7 Å². The quantitative estimate of drug-likeness (QED) is 0.733. The highest BCUT2D eigenvalue weighted by Gasteiger charge is 2.25. The fourth-order valence-electron chi connectivity index (χ4n) is 1.09. The van der Waals surface area contributed by atoms with Crippen molar-refractivity contribution in [3.05, 3.63) is 0 Å². The van der Waals surface area contributed by atoms with Crippen LogP contribution in [0.5, 0.6) is 0 Å². The Labute approximate surface area is 108 Å². The number of amides is 1. The molecule has 0 rings (SSSR count). The molecular formula is C12H23NO5. The van der Waals surface area contributed by atoms with Crippen molar-refractivity contribution >= 4 is 12.1 Å². The molecule has 0 fully saturated rings. The number of alkyl carbamates (subject to hydrolysis) is 1. The van der Waals surface area contributed by atoms with Crippen LogP contribution in [0.4, 0.5) is 4.79 Å². The number of carbonyl (C=O) groups excluding carboxylic acids is 2. The average molecular weight is 261 g/mol. The van der Waals surface area contributed by atoms with Gasteiger partial charge in [-0.25, -0.2) is 9.59 Å². The number of hydrogen-bond acceptors (Lipinski definition) is 5. The van der Waals surface area contributed by atoms with Gasteiger partial charge in [0.25, 0.3) is 0 Å². The monoisotopic (exact) mass is 261 g/mol. The minimum absolute atomic E-state index is 0.0434. The molecule has 6 nitrogen and oxygen atoms in total. The van der Waals surface area contributed by atoms with Gasteiger partial charge < -0.3 is 19.5 Å². The number of ether oxygens (including phenoxy) is 3. The molecule has 1 N–H and O–H groups in total. The molecule has 1 amide bonds. The maximum absolute atomic E-state index is 11.6. The van der Waals surface area contributed by atoms with E-state index in [0.717, 1.165) is 6.42 Å². The molecule has 106 valence electrons. The van der Waals surface area contributed by atoms with E-state index in [1.54, 1.807) is 20.8 Å². The maximum Gasteiger partial charge on any atom is 0.408 e. The topological polar surface area (TPSA) is 73.9 Å². The summed E-state index contributed by atoms with van der Waals surface area (Å²) in [5, 5.41) is 2.42. The Bertz CT molecular complexity index is 272. The molecule has 0 heterocycles. The van der Waals surface area contributed by atoms with Crippen LogP contribution in [0, 0.1) is 0 Å². The van der Waals surface area contributed by atoms with Crippen molar-refractivity contribution in [2.45, 2.75) is 45.8 Å². The molecule has 6 heteroatoms. The molecule has 0 unspecified atom stereocenters. The van der Waals surface area contributed by atoms with Crippen molar-refractivity contribution in [1.82, 2.24) is 5.32 Å². The first-order valence-electron chi connectivity index (χ1n) is 5.95. The summed E-state index contributed by atoms with van der Waals surface area (Å²) in [5.41, 5.74) is -0.616. The van der Waals surface area contributed by atoms with Gasteiger partial charge >= 0.3 is 12.1 Å². The largest absolute Gasteiger partial charge is 0.464 e. The number of hydrogen-bond donors (Lipinski definition) is 1. The standard InChI is InChI=1S/C12H23NO5/c1-6-7-17-10(14)9(8-16-5)13-11(15)18-12(2,3)4/h9H,6-8H2,1-5H3,(H,13,15)/t9-/m0/s1. The Kier molecular flexibility index (Phi) is 7.35. The highest BCUT2D eigenvalue weighted by atomic mass is 16.6. The van der Waals surface area contributed by atoms with Gasteiger partial charge in [0.1, 0.15) is 5.60 Å². The van der Waals surface area contributed by atoms with Crippen molar-refractivity contribution < 1.29 is 23.8 Å². The number of esters is 1. The Morgan fingerprint density at radius 2 is 1.89 bits per heavy atom. The van der Waals surface area contributed by atoms with E-state index in [1.165, 1.54) is 7.11 Å². The van der Waals surface area contributed by atoms with Gasteiger partial charge in [-0.15, -0.1) is 0 Å². The Morgan fingerprint density at radius 1 is 1.28 bits per heavy atom. The Hall–Kier alpha value is -1.30. The summed E-state index contributed by atoms with van der Waals surface area (Å²) in [5.74, 6) is -0.524. The first-order valence-corrected chi connectivity index (χ1v) is 5.95. The number of rotatable bonds is 6. The fraction of sp³-hybridized carbons (Fsp3) is 0.833. The van der Waals surface area contributed by atoms with Crippen molar-refractivity contribution in [2.75, 3.05) is 20.3 Å². The van der Waals surface area contributed by atoms with Crippen molar-refractivity contribution in [1.29, 1.82) is 0 Å². The third-order valence-corrected chi connectivity index (χ3v) is 1.76. The molecule has 0 aliphatic rings. The van der Waals surface area contributed by atoms with Crippen molar-refractivity contribution in [3.8, 4) is 0 Å². The lowest BCUT2D eigenvalue weighted by Gasteiger charge is -2.22. The number of nitrogens with one attached hydrogen (secondary N) is 1. The Balaban J connectivity index is 4.34. The zero-order chi connectivity index (χ0) is 14.2. The van der Waals surface area contributed by atoms with Gasteiger partial charge in [0.05, 0.1) is 13.2 Å². The van der Waals surface area contributed by atoms with E-state index in [4.69, 9.17) is 14.2 Å². The molecule has 0 spiro atoms. The first-order chi connectivity index (χ1) is 8.30. The van der Waals surface area contributed by atoms with Gasteiger partial charge in [0.15, 0.2) is 6.04 Å². The summed E-state index contributed by atoms with van der Waals surface area (Å²) >= 11 is 0. The van der Waals surface area contributed by atoms with E-state index in [1.807, 2.05) is 6.92 Å². The first kappa shape index (κ1) is 16.7. The molecule has 0 aromatic carbocycles. The van der Waals surface area contributed by atoms with Crippen LogP contribution in [-0.2, 0) is 19.0 Å². The van der Waals surface area contributed by atoms with Crippen molar-refractivity contribution in [2.24, 2.45) is 0 Å². The maximum atomic E-state index is 11.6. The van der Waals surface area contributed by atoms with E-state index >= 15 is 0 Å². The van der Waals surface area contributed by atoms with E-state index in [0.29, 0.717) is 6.61 Å². The van der Waals surface area contributed by atoms with Gasteiger partial charge in [0, 0.05) is 7.11 Å². The normalized spacial score (nSPS) is 12.7. The molecule has 0 saturated carbocycles. The second kappa shape index (κ2) is 7.92. The molecule has 0 bridgehead atoms. The predicted octanol–water partition coefficient (Wildman–Crippen LogP) is 1.48. The SMILES string of the molecule is CCCOC(=O)[C@H](COC)NC(=O)OC(C)(C)C. The van der Waals surface area contributed by atoms with Crippen LogP contribution < -0.4 is 5.32 Å². The Morgan fingerprint density at radius 3 is 2.33 bits per heavy atom. The highest BCUT2D eigenvalue weighted by Crippen LogP contribution is 2.07. The number of methoxy groups -OCH3 is 1. The second-order valence-corrected chi connectivity index (χ2v) is 4.82. The molecule has 0 aliphatic carbocycles. The lowest BCUT2D eigenvalue weighted by atomic mass is 10.2. The summed E-state index contributed by atoms with van der Waals surface area (Å²) in [6.45, 7) is 7.48.